The predicted molar refractivity (Wildman–Crippen MR) is 358 cm³/mol. The van der Waals surface area contributed by atoms with Crippen molar-refractivity contribution in [3.8, 4) is 0 Å². The second-order valence-corrected chi connectivity index (χ2v) is 24.5. The van der Waals surface area contributed by atoms with E-state index < -0.39 is 6.10 Å². The number of allylic oxidation sites excluding steroid dienone is 10. The molecule has 0 bridgehead atoms. The maximum absolute atomic E-state index is 13.0. The molecule has 6 nitrogen and oxygen atoms in total. The van der Waals surface area contributed by atoms with E-state index in [1.54, 1.807) is 0 Å². The highest BCUT2D eigenvalue weighted by molar-refractivity contribution is 5.71. The van der Waals surface area contributed by atoms with E-state index in [9.17, 15) is 14.4 Å². The number of hydrogen-bond donors (Lipinski definition) is 0. The van der Waals surface area contributed by atoms with E-state index in [-0.39, 0.29) is 31.1 Å². The summed E-state index contributed by atoms with van der Waals surface area (Å²) in [5.41, 5.74) is 0. The van der Waals surface area contributed by atoms with E-state index in [2.05, 4.69) is 81.5 Å². The average molecular weight is 1150 g/mol. The number of rotatable bonds is 67. The molecular weight excluding hydrogens is 1010 g/mol. The van der Waals surface area contributed by atoms with Crippen molar-refractivity contribution in [1.82, 2.24) is 0 Å². The van der Waals surface area contributed by atoms with Gasteiger partial charge in [-0.1, -0.05) is 319 Å². The zero-order chi connectivity index (χ0) is 59.2. The summed E-state index contributed by atoms with van der Waals surface area (Å²) < 4.78 is 17.0. The maximum atomic E-state index is 13.0. The molecule has 0 rings (SSSR count). The van der Waals surface area contributed by atoms with Crippen LogP contribution in [0.15, 0.2) is 60.8 Å². The van der Waals surface area contributed by atoms with Crippen molar-refractivity contribution in [1.29, 1.82) is 0 Å². The number of ether oxygens (including phenoxy) is 3. The van der Waals surface area contributed by atoms with Crippen LogP contribution < -0.4 is 0 Å². The molecule has 0 N–H and O–H groups in total. The number of esters is 3. The van der Waals surface area contributed by atoms with E-state index in [0.717, 1.165) is 83.5 Å². The normalized spacial score (nSPS) is 12.4. The molecule has 0 spiro atoms. The lowest BCUT2D eigenvalue weighted by atomic mass is 10.0. The second-order valence-electron chi connectivity index (χ2n) is 24.5. The molecule has 0 aromatic heterocycles. The molecule has 82 heavy (non-hydrogen) atoms. The van der Waals surface area contributed by atoms with Crippen LogP contribution in [0.4, 0.5) is 0 Å². The number of unbranched alkanes of at least 4 members (excludes halogenated alkanes) is 46. The van der Waals surface area contributed by atoms with Crippen LogP contribution in [-0.2, 0) is 28.6 Å². The summed E-state index contributed by atoms with van der Waals surface area (Å²) in [7, 11) is 0. The zero-order valence-corrected chi connectivity index (χ0v) is 55.0. The third kappa shape index (κ3) is 67.9. The lowest BCUT2D eigenvalue weighted by Crippen LogP contribution is -2.30. The van der Waals surface area contributed by atoms with Gasteiger partial charge >= 0.3 is 17.9 Å². The Labute approximate surface area is 510 Å². The minimum atomic E-state index is -0.784. The topological polar surface area (TPSA) is 78.9 Å². The summed E-state index contributed by atoms with van der Waals surface area (Å²) in [5, 5.41) is 0. The van der Waals surface area contributed by atoms with Crippen molar-refractivity contribution in [3.05, 3.63) is 60.8 Å². The first kappa shape index (κ1) is 79.1. The van der Waals surface area contributed by atoms with Crippen LogP contribution in [0.2, 0.25) is 0 Å². The third-order valence-electron chi connectivity index (χ3n) is 16.2. The summed E-state index contributed by atoms with van der Waals surface area (Å²) in [6.07, 6.45) is 91.1. The molecule has 478 valence electrons. The van der Waals surface area contributed by atoms with Gasteiger partial charge in [0, 0.05) is 19.3 Å². The third-order valence-corrected chi connectivity index (χ3v) is 16.2. The Morgan fingerprint density at radius 1 is 0.244 bits per heavy atom. The fourth-order valence-electron chi connectivity index (χ4n) is 10.7. The SMILES string of the molecule is CCCCCC/C=C\C/C=C\CCCCCCCC(=O)OCC(COC(=O)CCCCCCCCCCCCCCCCC/C=C\CCCCCCCCCC)OC(=O)CCCCCCCCCCC/C=C\C/C=C\CCCCCCC. The number of carbonyl (C=O) groups is 3. The molecule has 0 saturated carbocycles. The first-order chi connectivity index (χ1) is 40.5. The van der Waals surface area contributed by atoms with Gasteiger partial charge in [-0.2, -0.15) is 0 Å². The molecule has 0 aliphatic rings. The van der Waals surface area contributed by atoms with E-state index in [4.69, 9.17) is 14.2 Å². The van der Waals surface area contributed by atoms with Crippen LogP contribution in [0.5, 0.6) is 0 Å². The summed E-state index contributed by atoms with van der Waals surface area (Å²) in [5.74, 6) is -0.872. The molecule has 0 amide bonds. The van der Waals surface area contributed by atoms with Gasteiger partial charge in [0.15, 0.2) is 6.10 Å². The van der Waals surface area contributed by atoms with Gasteiger partial charge in [-0.15, -0.1) is 0 Å². The van der Waals surface area contributed by atoms with Gasteiger partial charge < -0.3 is 14.2 Å². The molecular formula is C76H138O6. The molecule has 1 atom stereocenters. The minimum Gasteiger partial charge on any atom is -0.462 e. The van der Waals surface area contributed by atoms with Gasteiger partial charge in [0.25, 0.3) is 0 Å². The van der Waals surface area contributed by atoms with E-state index >= 15 is 0 Å². The van der Waals surface area contributed by atoms with E-state index in [1.807, 2.05) is 0 Å². The van der Waals surface area contributed by atoms with Crippen LogP contribution in [0.3, 0.4) is 0 Å². The highest BCUT2D eigenvalue weighted by Crippen LogP contribution is 2.18. The first-order valence-electron chi connectivity index (χ1n) is 36.3. The van der Waals surface area contributed by atoms with E-state index in [1.165, 1.54) is 263 Å². The van der Waals surface area contributed by atoms with Crippen molar-refractivity contribution in [3.63, 3.8) is 0 Å². The molecule has 0 saturated heterocycles. The van der Waals surface area contributed by atoms with Crippen molar-refractivity contribution in [2.75, 3.05) is 13.2 Å². The lowest BCUT2D eigenvalue weighted by Gasteiger charge is -2.18. The average Bonchev–Trinajstić information content (AvgIpc) is 3.47. The Morgan fingerprint density at radius 3 is 0.695 bits per heavy atom. The van der Waals surface area contributed by atoms with Gasteiger partial charge in [0.1, 0.15) is 13.2 Å². The molecule has 0 fully saturated rings. The zero-order valence-electron chi connectivity index (χ0n) is 55.0. The Balaban J connectivity index is 4.29. The van der Waals surface area contributed by atoms with Gasteiger partial charge in [-0.3, -0.25) is 14.4 Å². The second kappa shape index (κ2) is 70.6. The summed E-state index contributed by atoms with van der Waals surface area (Å²) >= 11 is 0. The van der Waals surface area contributed by atoms with Crippen LogP contribution in [0.1, 0.15) is 387 Å². The van der Waals surface area contributed by atoms with Crippen molar-refractivity contribution in [2.24, 2.45) is 0 Å². The Kier molecular flexibility index (Phi) is 68.1. The van der Waals surface area contributed by atoms with Gasteiger partial charge in [0.2, 0.25) is 0 Å². The monoisotopic (exact) mass is 1150 g/mol. The molecule has 0 aromatic carbocycles. The Hall–Kier alpha value is -2.89. The van der Waals surface area contributed by atoms with E-state index in [0.29, 0.717) is 19.3 Å². The van der Waals surface area contributed by atoms with Crippen LogP contribution in [-0.4, -0.2) is 37.2 Å². The highest BCUT2D eigenvalue weighted by atomic mass is 16.6. The van der Waals surface area contributed by atoms with Crippen molar-refractivity contribution >= 4 is 17.9 Å². The van der Waals surface area contributed by atoms with Gasteiger partial charge in [-0.05, 0) is 109 Å². The minimum absolute atomic E-state index is 0.0775. The summed E-state index contributed by atoms with van der Waals surface area (Å²) in [4.78, 5) is 38.5. The maximum Gasteiger partial charge on any atom is 0.306 e. The summed E-state index contributed by atoms with van der Waals surface area (Å²) in [6, 6.07) is 0. The smallest absolute Gasteiger partial charge is 0.306 e. The fourth-order valence-corrected chi connectivity index (χ4v) is 10.7. The quantitative estimate of drug-likeness (QED) is 0.0261. The van der Waals surface area contributed by atoms with Gasteiger partial charge in [0.05, 0.1) is 0 Å². The number of carbonyl (C=O) groups excluding carboxylic acids is 3. The Bertz CT molecular complexity index is 1460. The molecule has 0 aromatic rings. The lowest BCUT2D eigenvalue weighted by molar-refractivity contribution is -0.167. The molecule has 0 heterocycles. The van der Waals surface area contributed by atoms with Crippen LogP contribution in [0.25, 0.3) is 0 Å². The fraction of sp³-hybridized carbons (Fsp3) is 0.829. The first-order valence-corrected chi connectivity index (χ1v) is 36.3. The standard InChI is InChI=1S/C76H138O6/c1-4-7-10-13-16-19-22-25-28-31-33-35-36-37-38-39-40-42-43-45-48-51-54-57-60-63-66-69-75(78)81-72-73(71-80-74(77)68-65-62-59-56-53-50-47-30-27-24-21-18-15-12-9-6-3)82-76(79)70-67-64-61-58-55-52-49-46-44-41-34-32-29-26-23-20-17-14-11-8-5-2/h21,23-24,26,30-34,47,73H,4-20,22,25,27-29,35-46,48-72H2,1-3H3/b24-21-,26-23-,33-31-,34-32-,47-30-. The van der Waals surface area contributed by atoms with Gasteiger partial charge in [-0.25, -0.2) is 0 Å². The predicted octanol–water partition coefficient (Wildman–Crippen LogP) is 25.1. The van der Waals surface area contributed by atoms with Crippen LogP contribution in [0, 0.1) is 0 Å². The molecule has 0 radical (unpaired) electrons. The van der Waals surface area contributed by atoms with Crippen LogP contribution >= 0.6 is 0 Å². The molecule has 1 unspecified atom stereocenters. The molecule has 0 aliphatic carbocycles. The molecule has 6 heteroatoms. The largest absolute Gasteiger partial charge is 0.462 e. The summed E-state index contributed by atoms with van der Waals surface area (Å²) in [6.45, 7) is 6.66. The molecule has 0 aliphatic heterocycles. The Morgan fingerprint density at radius 2 is 0.439 bits per heavy atom. The van der Waals surface area contributed by atoms with Crippen molar-refractivity contribution < 1.29 is 28.6 Å². The van der Waals surface area contributed by atoms with Crippen molar-refractivity contribution in [2.45, 2.75) is 393 Å². The highest BCUT2D eigenvalue weighted by Gasteiger charge is 2.19. The number of hydrogen-bond acceptors (Lipinski definition) is 6.